The van der Waals surface area contributed by atoms with E-state index in [1.165, 1.54) is 0 Å². The zero-order valence-electron chi connectivity index (χ0n) is 15.3. The molecule has 0 aliphatic rings. The SMILES string of the molecule is NCCCCC(NC(=O)C(CO)NC(=O)C(N)CC(N)=O)C(=O)NCC(=O)O. The number of aliphatic carboxylic acids is 1. The normalized spacial score (nSPS) is 13.7. The lowest BCUT2D eigenvalue weighted by Crippen LogP contribution is -2.57. The highest BCUT2D eigenvalue weighted by molar-refractivity contribution is 5.94. The lowest BCUT2D eigenvalue weighted by atomic mass is 10.1. The van der Waals surface area contributed by atoms with Crippen molar-refractivity contribution in [1.29, 1.82) is 0 Å². The molecule has 0 aromatic heterocycles. The van der Waals surface area contributed by atoms with Gasteiger partial charge in [0.2, 0.25) is 23.6 Å². The van der Waals surface area contributed by atoms with E-state index >= 15 is 0 Å². The Morgan fingerprint density at radius 1 is 0.929 bits per heavy atom. The lowest BCUT2D eigenvalue weighted by molar-refractivity contribution is -0.138. The van der Waals surface area contributed by atoms with E-state index in [1.54, 1.807) is 0 Å². The molecule has 0 saturated heterocycles. The van der Waals surface area contributed by atoms with Crippen molar-refractivity contribution >= 4 is 29.6 Å². The molecule has 0 aromatic carbocycles. The van der Waals surface area contributed by atoms with Gasteiger partial charge >= 0.3 is 5.97 Å². The van der Waals surface area contributed by atoms with Crippen LogP contribution >= 0.6 is 0 Å². The van der Waals surface area contributed by atoms with Gasteiger partial charge in [-0.25, -0.2) is 0 Å². The number of amides is 4. The maximum absolute atomic E-state index is 12.3. The molecule has 0 fully saturated rings. The number of carbonyl (C=O) groups is 5. The van der Waals surface area contributed by atoms with Crippen LogP contribution < -0.4 is 33.2 Å². The summed E-state index contributed by atoms with van der Waals surface area (Å²) in [5.41, 5.74) is 15.8. The van der Waals surface area contributed by atoms with Gasteiger partial charge in [0.1, 0.15) is 18.6 Å². The van der Waals surface area contributed by atoms with Crippen LogP contribution in [0.3, 0.4) is 0 Å². The Kier molecular flexibility index (Phi) is 12.1. The van der Waals surface area contributed by atoms with Gasteiger partial charge in [-0.1, -0.05) is 0 Å². The minimum atomic E-state index is -1.43. The minimum Gasteiger partial charge on any atom is -0.480 e. The van der Waals surface area contributed by atoms with Crippen LogP contribution in [-0.4, -0.2) is 77.6 Å². The molecule has 3 unspecified atom stereocenters. The molecule has 0 aliphatic heterocycles. The minimum absolute atomic E-state index is 0.168. The van der Waals surface area contributed by atoms with E-state index in [0.717, 1.165) is 0 Å². The fraction of sp³-hybridized carbons (Fsp3) is 0.667. The van der Waals surface area contributed by atoms with Gasteiger partial charge in [-0.05, 0) is 25.8 Å². The van der Waals surface area contributed by atoms with Crippen molar-refractivity contribution in [2.24, 2.45) is 17.2 Å². The van der Waals surface area contributed by atoms with Crippen LogP contribution in [-0.2, 0) is 24.0 Å². The summed E-state index contributed by atoms with van der Waals surface area (Å²) in [6, 6.07) is -3.84. The number of hydrogen-bond donors (Lipinski definition) is 8. The fourth-order valence-electron chi connectivity index (χ4n) is 2.10. The van der Waals surface area contributed by atoms with Gasteiger partial charge in [-0.3, -0.25) is 24.0 Å². The quantitative estimate of drug-likeness (QED) is 0.130. The number of unbranched alkanes of at least 4 members (excludes halogenated alkanes) is 1. The van der Waals surface area contributed by atoms with E-state index in [-0.39, 0.29) is 6.42 Å². The third kappa shape index (κ3) is 10.4. The molecule has 0 bridgehead atoms. The first-order valence-electron chi connectivity index (χ1n) is 8.57. The Labute approximate surface area is 161 Å². The van der Waals surface area contributed by atoms with Crippen molar-refractivity contribution < 1.29 is 34.2 Å². The molecular formula is C15H28N6O7. The molecule has 0 rings (SSSR count). The van der Waals surface area contributed by atoms with E-state index in [4.69, 9.17) is 22.3 Å². The van der Waals surface area contributed by atoms with Crippen LogP contribution in [0.4, 0.5) is 0 Å². The molecule has 13 heteroatoms. The van der Waals surface area contributed by atoms with Crippen LogP contribution in [0.1, 0.15) is 25.7 Å². The van der Waals surface area contributed by atoms with Crippen LogP contribution in [0, 0.1) is 0 Å². The predicted molar refractivity (Wildman–Crippen MR) is 96.3 cm³/mol. The smallest absolute Gasteiger partial charge is 0.322 e. The van der Waals surface area contributed by atoms with Crippen molar-refractivity contribution in [2.75, 3.05) is 19.7 Å². The van der Waals surface area contributed by atoms with E-state index in [0.29, 0.717) is 19.4 Å². The summed E-state index contributed by atoms with van der Waals surface area (Å²) in [7, 11) is 0. The maximum Gasteiger partial charge on any atom is 0.322 e. The summed E-state index contributed by atoms with van der Waals surface area (Å²) >= 11 is 0. The number of carboxylic acids is 1. The predicted octanol–water partition coefficient (Wildman–Crippen LogP) is -4.52. The van der Waals surface area contributed by atoms with Gasteiger partial charge in [-0.2, -0.15) is 0 Å². The molecule has 0 heterocycles. The summed E-state index contributed by atoms with van der Waals surface area (Å²) in [6.45, 7) is -1.07. The van der Waals surface area contributed by atoms with Crippen molar-refractivity contribution in [1.82, 2.24) is 16.0 Å². The second-order valence-electron chi connectivity index (χ2n) is 5.98. The summed E-state index contributed by atoms with van der Waals surface area (Å²) in [5.74, 6) is -4.58. The molecule has 0 aliphatic carbocycles. The first-order chi connectivity index (χ1) is 13.1. The van der Waals surface area contributed by atoms with Crippen LogP contribution in [0.5, 0.6) is 0 Å². The van der Waals surface area contributed by atoms with Gasteiger partial charge in [0, 0.05) is 0 Å². The third-order valence-corrected chi connectivity index (χ3v) is 3.57. The van der Waals surface area contributed by atoms with Gasteiger partial charge in [0.25, 0.3) is 0 Å². The van der Waals surface area contributed by atoms with E-state index < -0.39 is 67.3 Å². The average Bonchev–Trinajstić information content (AvgIpc) is 2.62. The Hall–Kier alpha value is -2.77. The summed E-state index contributed by atoms with van der Waals surface area (Å²) < 4.78 is 0. The first-order valence-corrected chi connectivity index (χ1v) is 8.57. The van der Waals surface area contributed by atoms with Gasteiger partial charge in [0.15, 0.2) is 0 Å². The first kappa shape index (κ1) is 25.2. The maximum atomic E-state index is 12.3. The summed E-state index contributed by atoms with van der Waals surface area (Å²) in [6.07, 6.45) is 0.759. The van der Waals surface area contributed by atoms with E-state index in [9.17, 15) is 29.1 Å². The van der Waals surface area contributed by atoms with Gasteiger partial charge < -0.3 is 43.4 Å². The molecule has 0 radical (unpaired) electrons. The molecule has 11 N–H and O–H groups in total. The molecule has 4 amide bonds. The number of carbonyl (C=O) groups excluding carboxylic acids is 4. The number of primary amides is 1. The van der Waals surface area contributed by atoms with E-state index in [2.05, 4.69) is 16.0 Å². The van der Waals surface area contributed by atoms with Crippen molar-refractivity contribution in [3.05, 3.63) is 0 Å². The van der Waals surface area contributed by atoms with E-state index in [1.807, 2.05) is 0 Å². The summed E-state index contributed by atoms with van der Waals surface area (Å²) in [4.78, 5) is 57.6. The number of rotatable bonds is 14. The van der Waals surface area contributed by atoms with Crippen molar-refractivity contribution in [3.8, 4) is 0 Å². The highest BCUT2D eigenvalue weighted by Crippen LogP contribution is 2.02. The third-order valence-electron chi connectivity index (χ3n) is 3.57. The zero-order chi connectivity index (χ0) is 21.7. The molecule has 13 nitrogen and oxygen atoms in total. The van der Waals surface area contributed by atoms with Gasteiger partial charge in [0.05, 0.1) is 19.1 Å². The number of hydrogen-bond acceptors (Lipinski definition) is 8. The monoisotopic (exact) mass is 404 g/mol. The van der Waals surface area contributed by atoms with Crippen LogP contribution in [0.2, 0.25) is 0 Å². The highest BCUT2D eigenvalue weighted by atomic mass is 16.4. The summed E-state index contributed by atoms with van der Waals surface area (Å²) in [5, 5.41) is 24.6. The number of carboxylic acid groups (broad SMARTS) is 1. The molecule has 160 valence electrons. The fourth-order valence-corrected chi connectivity index (χ4v) is 2.10. The molecule has 0 spiro atoms. The Balaban J connectivity index is 4.96. The molecule has 28 heavy (non-hydrogen) atoms. The second-order valence-corrected chi connectivity index (χ2v) is 5.98. The molecule has 0 aromatic rings. The number of aliphatic hydroxyl groups excluding tert-OH is 1. The standard InChI is InChI=1S/C15H28N6O7/c16-4-2-1-3-9(14(27)19-6-12(24)25)20-15(28)10(7-22)21-13(26)8(17)5-11(18)23/h8-10,22H,1-7,16-17H2,(H2,18,23)(H,19,27)(H,20,28)(H,21,26)(H,24,25). The molecule has 3 atom stereocenters. The van der Waals surface area contributed by atoms with Gasteiger partial charge in [-0.15, -0.1) is 0 Å². The Morgan fingerprint density at radius 3 is 2.04 bits per heavy atom. The topological polar surface area (TPSA) is 240 Å². The zero-order valence-corrected chi connectivity index (χ0v) is 15.3. The van der Waals surface area contributed by atoms with Crippen molar-refractivity contribution in [2.45, 2.75) is 43.8 Å². The Morgan fingerprint density at radius 2 is 1.54 bits per heavy atom. The highest BCUT2D eigenvalue weighted by Gasteiger charge is 2.28. The van der Waals surface area contributed by atoms with Crippen molar-refractivity contribution in [3.63, 3.8) is 0 Å². The van der Waals surface area contributed by atoms with Crippen LogP contribution in [0.15, 0.2) is 0 Å². The number of aliphatic hydroxyl groups is 1. The second kappa shape index (κ2) is 13.4. The largest absolute Gasteiger partial charge is 0.480 e. The molecular weight excluding hydrogens is 376 g/mol. The van der Waals surface area contributed by atoms with Crippen LogP contribution in [0.25, 0.3) is 0 Å². The number of nitrogens with one attached hydrogen (secondary N) is 3. The molecule has 0 saturated carbocycles. The lowest BCUT2D eigenvalue weighted by Gasteiger charge is -2.22. The Bertz CT molecular complexity index is 571. The number of nitrogens with two attached hydrogens (primary N) is 3. The average molecular weight is 404 g/mol.